The SMILES string of the molecule is CCCCCCCCCCCCOc1cc2ccc3ccc(I)nc3c2nc1I. The molecule has 0 bridgehead atoms. The lowest BCUT2D eigenvalue weighted by Gasteiger charge is -2.10. The van der Waals surface area contributed by atoms with Gasteiger partial charge in [-0.25, -0.2) is 9.97 Å². The molecule has 29 heavy (non-hydrogen) atoms. The minimum absolute atomic E-state index is 0.767. The predicted molar refractivity (Wildman–Crippen MR) is 140 cm³/mol. The fraction of sp³-hybridized carbons (Fsp3) is 0.500. The molecule has 0 spiro atoms. The zero-order valence-electron chi connectivity index (χ0n) is 17.2. The van der Waals surface area contributed by atoms with Gasteiger partial charge in [0, 0.05) is 10.8 Å². The first-order chi connectivity index (χ1) is 14.2. The third-order valence-corrected chi connectivity index (χ3v) is 6.66. The molecule has 3 rings (SSSR count). The summed E-state index contributed by atoms with van der Waals surface area (Å²) in [6, 6.07) is 10.5. The molecular weight excluding hydrogens is 586 g/mol. The molecule has 156 valence electrons. The monoisotopic (exact) mass is 616 g/mol. The minimum Gasteiger partial charge on any atom is -0.491 e. The van der Waals surface area contributed by atoms with E-state index >= 15 is 0 Å². The summed E-state index contributed by atoms with van der Waals surface area (Å²) < 4.78 is 7.96. The van der Waals surface area contributed by atoms with Crippen LogP contribution in [0.25, 0.3) is 21.8 Å². The van der Waals surface area contributed by atoms with E-state index in [9.17, 15) is 0 Å². The van der Waals surface area contributed by atoms with Crippen LogP contribution in [0.1, 0.15) is 71.1 Å². The second-order valence-electron chi connectivity index (χ2n) is 7.65. The first kappa shape index (κ1) is 23.0. The number of hydrogen-bond donors (Lipinski definition) is 0. The number of hydrogen-bond acceptors (Lipinski definition) is 3. The number of unbranched alkanes of at least 4 members (excludes halogenated alkanes) is 9. The van der Waals surface area contributed by atoms with Gasteiger partial charge >= 0.3 is 0 Å². The molecule has 0 amide bonds. The average Bonchev–Trinajstić information content (AvgIpc) is 2.72. The smallest absolute Gasteiger partial charge is 0.151 e. The Morgan fingerprint density at radius 1 is 0.724 bits per heavy atom. The van der Waals surface area contributed by atoms with Crippen molar-refractivity contribution in [1.29, 1.82) is 0 Å². The second kappa shape index (κ2) is 12.2. The van der Waals surface area contributed by atoms with Crippen LogP contribution in [0.2, 0.25) is 0 Å². The van der Waals surface area contributed by atoms with E-state index in [1.54, 1.807) is 0 Å². The van der Waals surface area contributed by atoms with Crippen LogP contribution < -0.4 is 4.74 Å². The van der Waals surface area contributed by atoms with E-state index in [1.165, 1.54) is 57.8 Å². The number of fused-ring (bicyclic) bond motifs is 3. The second-order valence-corrected chi connectivity index (χ2v) is 9.78. The number of rotatable bonds is 12. The molecule has 3 aromatic rings. The quantitative estimate of drug-likeness (QED) is 0.0890. The lowest BCUT2D eigenvalue weighted by molar-refractivity contribution is 0.301. The van der Waals surface area contributed by atoms with Crippen LogP contribution in [0.3, 0.4) is 0 Å². The van der Waals surface area contributed by atoms with Crippen molar-refractivity contribution in [3.63, 3.8) is 0 Å². The van der Waals surface area contributed by atoms with E-state index in [0.29, 0.717) is 0 Å². The van der Waals surface area contributed by atoms with Crippen molar-refractivity contribution in [2.45, 2.75) is 71.1 Å². The van der Waals surface area contributed by atoms with Crippen LogP contribution in [-0.2, 0) is 0 Å². The van der Waals surface area contributed by atoms with Gasteiger partial charge in [-0.05, 0) is 63.7 Å². The predicted octanol–water partition coefficient (Wildman–Crippen LogP) is 8.29. The highest BCUT2D eigenvalue weighted by Gasteiger charge is 2.10. The Hall–Kier alpha value is -0.700. The van der Waals surface area contributed by atoms with E-state index < -0.39 is 0 Å². The lowest BCUT2D eigenvalue weighted by Crippen LogP contribution is -2.01. The zero-order valence-corrected chi connectivity index (χ0v) is 21.5. The van der Waals surface area contributed by atoms with E-state index in [1.807, 2.05) is 6.07 Å². The zero-order chi connectivity index (χ0) is 20.5. The van der Waals surface area contributed by atoms with Gasteiger partial charge in [0.25, 0.3) is 0 Å². The largest absolute Gasteiger partial charge is 0.491 e. The van der Waals surface area contributed by atoms with Gasteiger partial charge in [0.15, 0.2) is 5.75 Å². The van der Waals surface area contributed by atoms with Gasteiger partial charge in [-0.3, -0.25) is 0 Å². The van der Waals surface area contributed by atoms with Gasteiger partial charge in [0.2, 0.25) is 0 Å². The van der Waals surface area contributed by atoms with Crippen molar-refractivity contribution in [3.05, 3.63) is 37.7 Å². The molecule has 0 radical (unpaired) electrons. The molecule has 1 aromatic carbocycles. The third-order valence-electron chi connectivity index (χ3n) is 5.29. The van der Waals surface area contributed by atoms with Crippen LogP contribution in [-0.4, -0.2) is 16.6 Å². The summed E-state index contributed by atoms with van der Waals surface area (Å²) in [6.07, 6.45) is 13.4. The molecule has 0 fully saturated rings. The molecule has 0 atom stereocenters. The van der Waals surface area contributed by atoms with Gasteiger partial charge in [0.05, 0.1) is 17.6 Å². The Kier molecular flexibility index (Phi) is 9.69. The van der Waals surface area contributed by atoms with Crippen LogP contribution in [0, 0.1) is 7.40 Å². The molecule has 3 nitrogen and oxygen atoms in total. The van der Waals surface area contributed by atoms with Crippen LogP contribution in [0.5, 0.6) is 5.75 Å². The Bertz CT molecular complexity index is 930. The fourth-order valence-corrected chi connectivity index (χ4v) is 4.60. The molecular formula is C24H30I2N2O. The maximum Gasteiger partial charge on any atom is 0.151 e. The van der Waals surface area contributed by atoms with Crippen LogP contribution in [0.4, 0.5) is 0 Å². The Labute approximate surface area is 201 Å². The third kappa shape index (κ3) is 6.91. The molecule has 0 saturated heterocycles. The number of pyridine rings is 2. The van der Waals surface area contributed by atoms with Gasteiger partial charge in [0.1, 0.15) is 7.40 Å². The van der Waals surface area contributed by atoms with Crippen molar-refractivity contribution in [1.82, 2.24) is 9.97 Å². The summed E-state index contributed by atoms with van der Waals surface area (Å²) in [4.78, 5) is 9.50. The normalized spacial score (nSPS) is 11.4. The summed E-state index contributed by atoms with van der Waals surface area (Å²) >= 11 is 4.53. The highest BCUT2D eigenvalue weighted by Crippen LogP contribution is 2.29. The molecule has 2 heterocycles. The van der Waals surface area contributed by atoms with Crippen molar-refractivity contribution in [3.8, 4) is 5.75 Å². The average molecular weight is 616 g/mol. The van der Waals surface area contributed by atoms with Crippen LogP contribution >= 0.6 is 45.2 Å². The van der Waals surface area contributed by atoms with Crippen molar-refractivity contribution >= 4 is 67.0 Å². The number of benzene rings is 1. The summed E-state index contributed by atoms with van der Waals surface area (Å²) in [5.41, 5.74) is 1.92. The topological polar surface area (TPSA) is 35.0 Å². The molecule has 0 unspecified atom stereocenters. The number of ether oxygens (including phenoxy) is 1. The van der Waals surface area contributed by atoms with Gasteiger partial charge < -0.3 is 4.74 Å². The standard InChI is InChI=1S/C24H30I2N2O/c1-2-3-4-5-6-7-8-9-10-11-16-29-20-17-19-13-12-18-14-15-21(25)27-22(18)23(19)28-24(20)26/h12-15,17H,2-11,16H2,1H3. The Morgan fingerprint density at radius 3 is 2.03 bits per heavy atom. The molecule has 0 aliphatic heterocycles. The molecule has 0 N–H and O–H groups in total. The van der Waals surface area contributed by atoms with Crippen molar-refractivity contribution < 1.29 is 4.74 Å². The van der Waals surface area contributed by atoms with E-state index in [4.69, 9.17) is 9.72 Å². The van der Waals surface area contributed by atoms with Crippen molar-refractivity contribution in [2.24, 2.45) is 0 Å². The number of halogens is 2. The molecule has 0 saturated carbocycles. The minimum atomic E-state index is 0.767. The van der Waals surface area contributed by atoms with Gasteiger partial charge in [-0.2, -0.15) is 0 Å². The van der Waals surface area contributed by atoms with E-state index in [-0.39, 0.29) is 0 Å². The van der Waals surface area contributed by atoms with Crippen LogP contribution in [0.15, 0.2) is 30.3 Å². The lowest BCUT2D eigenvalue weighted by atomic mass is 10.1. The van der Waals surface area contributed by atoms with Crippen molar-refractivity contribution in [2.75, 3.05) is 6.61 Å². The first-order valence-corrected chi connectivity index (χ1v) is 13.0. The molecule has 0 aliphatic carbocycles. The van der Waals surface area contributed by atoms with E-state index in [2.05, 4.69) is 81.4 Å². The molecule has 2 aromatic heterocycles. The summed E-state index contributed by atoms with van der Waals surface area (Å²) in [5, 5.41) is 2.21. The molecule has 0 aliphatic rings. The summed E-state index contributed by atoms with van der Waals surface area (Å²) in [6.45, 7) is 3.04. The van der Waals surface area contributed by atoms with E-state index in [0.717, 1.165) is 48.0 Å². The van der Waals surface area contributed by atoms with Gasteiger partial charge in [-0.1, -0.05) is 82.9 Å². The number of aromatic nitrogens is 2. The maximum absolute atomic E-state index is 6.06. The Balaban J connectivity index is 1.46. The number of nitrogens with zero attached hydrogens (tertiary/aromatic N) is 2. The highest BCUT2D eigenvalue weighted by atomic mass is 127. The Morgan fingerprint density at radius 2 is 1.31 bits per heavy atom. The van der Waals surface area contributed by atoms with Gasteiger partial charge in [-0.15, -0.1) is 0 Å². The molecule has 5 heteroatoms. The summed E-state index contributed by atoms with van der Waals surface area (Å²) in [5.74, 6) is 0.888. The maximum atomic E-state index is 6.06. The highest BCUT2D eigenvalue weighted by molar-refractivity contribution is 14.1. The fourth-order valence-electron chi connectivity index (χ4n) is 3.63. The summed E-state index contributed by atoms with van der Waals surface area (Å²) in [7, 11) is 0. The first-order valence-electron chi connectivity index (χ1n) is 10.9.